The Morgan fingerprint density at radius 3 is 2.50 bits per heavy atom. The number of rotatable bonds is 2. The van der Waals surface area contributed by atoms with E-state index in [1.165, 1.54) is 0 Å². The molecule has 1 unspecified atom stereocenters. The number of nitrogens with zero attached hydrogens (tertiary/aromatic N) is 2. The predicted molar refractivity (Wildman–Crippen MR) is 89.9 cm³/mol. The second kappa shape index (κ2) is 5.11. The first kappa shape index (κ1) is 14.1. The molecule has 2 aromatic rings. The third-order valence-electron chi connectivity index (χ3n) is 5.68. The first-order chi connectivity index (χ1) is 11.7. The van der Waals surface area contributed by atoms with Gasteiger partial charge in [0, 0.05) is 24.1 Å². The van der Waals surface area contributed by atoms with Crippen molar-refractivity contribution < 1.29 is 13.9 Å². The number of anilines is 1. The van der Waals surface area contributed by atoms with Crippen LogP contribution in [0.15, 0.2) is 46.9 Å². The Balaban J connectivity index is 1.42. The zero-order chi connectivity index (χ0) is 16.1. The Labute approximate surface area is 140 Å². The van der Waals surface area contributed by atoms with Crippen LogP contribution in [0.4, 0.5) is 10.7 Å². The summed E-state index contributed by atoms with van der Waals surface area (Å²) in [4.78, 5) is 16.6. The number of fused-ring (bicyclic) bond motifs is 2. The quantitative estimate of drug-likeness (QED) is 0.850. The van der Waals surface area contributed by atoms with Crippen molar-refractivity contribution >= 4 is 12.0 Å². The molecule has 0 radical (unpaired) electrons. The molecular weight excluding hydrogens is 304 g/mol. The molecule has 1 atom stereocenters. The minimum Gasteiger partial charge on any atom is -0.440 e. The van der Waals surface area contributed by atoms with E-state index in [2.05, 4.69) is 4.90 Å². The van der Waals surface area contributed by atoms with Gasteiger partial charge in [-0.3, -0.25) is 4.90 Å². The molecule has 4 aliphatic rings. The number of benzene rings is 1. The molecule has 24 heavy (non-hydrogen) atoms. The van der Waals surface area contributed by atoms with Gasteiger partial charge in [-0.15, -0.1) is 0 Å². The lowest BCUT2D eigenvalue weighted by molar-refractivity contribution is -0.0881. The number of amides is 1. The zero-order valence-electron chi connectivity index (χ0n) is 13.5. The van der Waals surface area contributed by atoms with Crippen molar-refractivity contribution in [2.75, 3.05) is 31.1 Å². The third kappa shape index (κ3) is 2.08. The van der Waals surface area contributed by atoms with Crippen LogP contribution in [0.3, 0.4) is 0 Å². The highest BCUT2D eigenvalue weighted by Crippen LogP contribution is 2.43. The SMILES string of the molecule is O=C1OC2(CN3CCC2CC3)CN1c1ccc(-c2ccccc2)o1. The molecule has 4 saturated heterocycles. The van der Waals surface area contributed by atoms with Gasteiger partial charge in [0.2, 0.25) is 5.88 Å². The first-order valence-corrected chi connectivity index (χ1v) is 8.62. The lowest BCUT2D eigenvalue weighted by atomic mass is 9.75. The number of piperidine rings is 3. The molecule has 1 aromatic heterocycles. The van der Waals surface area contributed by atoms with Crippen molar-refractivity contribution in [2.45, 2.75) is 18.4 Å². The van der Waals surface area contributed by atoms with Crippen LogP contribution in [0.2, 0.25) is 0 Å². The molecule has 1 aromatic carbocycles. The third-order valence-corrected chi connectivity index (χ3v) is 5.68. The van der Waals surface area contributed by atoms with Gasteiger partial charge >= 0.3 is 6.09 Å². The number of carbonyl (C=O) groups is 1. The maximum absolute atomic E-state index is 12.5. The van der Waals surface area contributed by atoms with E-state index in [-0.39, 0.29) is 11.7 Å². The highest BCUT2D eigenvalue weighted by molar-refractivity contribution is 5.89. The molecule has 124 valence electrons. The number of furan rings is 1. The van der Waals surface area contributed by atoms with Crippen molar-refractivity contribution in [2.24, 2.45) is 5.92 Å². The maximum Gasteiger partial charge on any atom is 0.417 e. The fourth-order valence-electron chi connectivity index (χ4n) is 4.41. The summed E-state index contributed by atoms with van der Waals surface area (Å²) in [5.74, 6) is 1.82. The lowest BCUT2D eigenvalue weighted by Gasteiger charge is -2.49. The van der Waals surface area contributed by atoms with Crippen LogP contribution in [0.1, 0.15) is 12.8 Å². The van der Waals surface area contributed by atoms with Gasteiger partial charge in [0.25, 0.3) is 0 Å². The Bertz CT molecular complexity index is 764. The summed E-state index contributed by atoms with van der Waals surface area (Å²) in [6, 6.07) is 13.7. The van der Waals surface area contributed by atoms with Gasteiger partial charge in [0.1, 0.15) is 11.4 Å². The van der Waals surface area contributed by atoms with E-state index >= 15 is 0 Å². The summed E-state index contributed by atoms with van der Waals surface area (Å²) >= 11 is 0. The molecule has 4 aliphatic heterocycles. The minimum absolute atomic E-state index is 0.280. The van der Waals surface area contributed by atoms with Crippen molar-refractivity contribution in [3.63, 3.8) is 0 Å². The molecule has 0 saturated carbocycles. The highest BCUT2D eigenvalue weighted by Gasteiger charge is 2.56. The van der Waals surface area contributed by atoms with E-state index < -0.39 is 0 Å². The predicted octanol–water partition coefficient (Wildman–Crippen LogP) is 3.37. The molecule has 1 amide bonds. The number of ether oxygens (including phenoxy) is 1. The number of carbonyl (C=O) groups excluding carboxylic acids is 1. The smallest absolute Gasteiger partial charge is 0.417 e. The molecule has 2 bridgehead atoms. The molecule has 4 fully saturated rings. The Morgan fingerprint density at radius 2 is 1.79 bits per heavy atom. The van der Waals surface area contributed by atoms with Crippen LogP contribution in [-0.2, 0) is 4.74 Å². The van der Waals surface area contributed by atoms with E-state index in [1.54, 1.807) is 4.90 Å². The molecule has 0 N–H and O–H groups in total. The maximum atomic E-state index is 12.5. The fourth-order valence-corrected chi connectivity index (χ4v) is 4.41. The van der Waals surface area contributed by atoms with Gasteiger partial charge in [-0.25, -0.2) is 9.69 Å². The largest absolute Gasteiger partial charge is 0.440 e. The van der Waals surface area contributed by atoms with Crippen LogP contribution >= 0.6 is 0 Å². The van der Waals surface area contributed by atoms with Gasteiger partial charge in [0.15, 0.2) is 0 Å². The van der Waals surface area contributed by atoms with Gasteiger partial charge in [-0.2, -0.15) is 0 Å². The van der Waals surface area contributed by atoms with Crippen molar-refractivity contribution in [3.8, 4) is 11.3 Å². The molecule has 5 nitrogen and oxygen atoms in total. The summed E-state index contributed by atoms with van der Waals surface area (Å²) in [7, 11) is 0. The minimum atomic E-state index is -0.354. The van der Waals surface area contributed by atoms with Crippen molar-refractivity contribution in [1.29, 1.82) is 0 Å². The van der Waals surface area contributed by atoms with Gasteiger partial charge in [-0.05, 0) is 32.0 Å². The van der Waals surface area contributed by atoms with Crippen LogP contribution in [0.5, 0.6) is 0 Å². The summed E-state index contributed by atoms with van der Waals surface area (Å²) < 4.78 is 11.8. The first-order valence-electron chi connectivity index (χ1n) is 8.62. The molecule has 5 heterocycles. The molecule has 5 heteroatoms. The van der Waals surface area contributed by atoms with Crippen LogP contribution in [0, 0.1) is 5.92 Å². The Hall–Kier alpha value is -2.27. The normalized spacial score (nSPS) is 31.7. The average molecular weight is 324 g/mol. The Morgan fingerprint density at radius 1 is 1.00 bits per heavy atom. The summed E-state index contributed by atoms with van der Waals surface area (Å²) in [5, 5.41) is 0. The van der Waals surface area contributed by atoms with Gasteiger partial charge in [0.05, 0.1) is 6.54 Å². The van der Waals surface area contributed by atoms with Crippen molar-refractivity contribution in [3.05, 3.63) is 42.5 Å². The summed E-state index contributed by atoms with van der Waals surface area (Å²) in [6.07, 6.45) is 1.96. The fraction of sp³-hybridized carbons (Fsp3) is 0.421. The summed E-state index contributed by atoms with van der Waals surface area (Å²) in [5.41, 5.74) is 0.654. The van der Waals surface area contributed by atoms with E-state index in [0.29, 0.717) is 18.3 Å². The average Bonchev–Trinajstić information content (AvgIpc) is 3.22. The van der Waals surface area contributed by atoms with Crippen LogP contribution < -0.4 is 4.90 Å². The Kier molecular flexibility index (Phi) is 3.00. The second-order valence-electron chi connectivity index (χ2n) is 7.07. The van der Waals surface area contributed by atoms with Crippen molar-refractivity contribution in [1.82, 2.24) is 4.90 Å². The van der Waals surface area contributed by atoms with E-state index in [0.717, 1.165) is 43.8 Å². The number of hydrogen-bond donors (Lipinski definition) is 0. The molecule has 1 spiro atoms. The van der Waals surface area contributed by atoms with Crippen LogP contribution in [-0.4, -0.2) is 42.8 Å². The van der Waals surface area contributed by atoms with E-state index in [1.807, 2.05) is 42.5 Å². The number of hydrogen-bond acceptors (Lipinski definition) is 4. The highest BCUT2D eigenvalue weighted by atomic mass is 16.6. The molecule has 6 rings (SSSR count). The van der Waals surface area contributed by atoms with E-state index in [4.69, 9.17) is 9.15 Å². The van der Waals surface area contributed by atoms with Gasteiger partial charge < -0.3 is 9.15 Å². The van der Waals surface area contributed by atoms with Gasteiger partial charge in [-0.1, -0.05) is 30.3 Å². The van der Waals surface area contributed by atoms with E-state index in [9.17, 15) is 4.79 Å². The van der Waals surface area contributed by atoms with Crippen LogP contribution in [0.25, 0.3) is 11.3 Å². The topological polar surface area (TPSA) is 45.9 Å². The zero-order valence-corrected chi connectivity index (χ0v) is 13.5. The lowest BCUT2D eigenvalue weighted by Crippen LogP contribution is -2.61. The molecular formula is C19H20N2O3. The monoisotopic (exact) mass is 324 g/mol. The molecule has 0 aliphatic carbocycles. The second-order valence-corrected chi connectivity index (χ2v) is 7.07. The summed E-state index contributed by atoms with van der Waals surface area (Å²) in [6.45, 7) is 3.70. The standard InChI is InChI=1S/C19H20N2O3/c22-18-21(13-19(24-18)12-20-10-8-15(19)9-11-20)17-7-6-16(23-17)14-4-2-1-3-5-14/h1-7,15H,8-13H2.